The largest absolute Gasteiger partial charge is 0.497 e. The second kappa shape index (κ2) is 6.20. The molecule has 1 heterocycles. The van der Waals surface area contributed by atoms with Crippen molar-refractivity contribution in [3.63, 3.8) is 0 Å². The van der Waals surface area contributed by atoms with Crippen LogP contribution in [0.1, 0.15) is 5.01 Å². The fourth-order valence-corrected chi connectivity index (χ4v) is 2.10. The van der Waals surface area contributed by atoms with E-state index in [4.69, 9.17) is 9.47 Å². The van der Waals surface area contributed by atoms with E-state index in [0.717, 1.165) is 5.01 Å². The van der Waals surface area contributed by atoms with Gasteiger partial charge < -0.3 is 14.8 Å². The lowest BCUT2D eigenvalue weighted by Gasteiger charge is -2.11. The lowest BCUT2D eigenvalue weighted by Crippen LogP contribution is -2.19. The molecule has 0 radical (unpaired) electrons. The first kappa shape index (κ1) is 14.1. The number of rotatable bonds is 4. The minimum atomic E-state index is -0.423. The molecule has 0 aliphatic carbocycles. The van der Waals surface area contributed by atoms with Gasteiger partial charge in [0.15, 0.2) is 0 Å². The monoisotopic (exact) mass is 294 g/mol. The summed E-state index contributed by atoms with van der Waals surface area (Å²) in [6, 6.07) is 4.70. The van der Waals surface area contributed by atoms with Crippen LogP contribution in [-0.4, -0.2) is 30.4 Å². The maximum absolute atomic E-state index is 11.9. The molecule has 1 aromatic heterocycles. The van der Waals surface area contributed by atoms with Gasteiger partial charge in [-0.3, -0.25) is 5.32 Å². The number of aryl methyl sites for hydroxylation is 1. The topological polar surface area (TPSA) is 85.4 Å². The van der Waals surface area contributed by atoms with Crippen molar-refractivity contribution < 1.29 is 14.3 Å². The molecule has 2 N–H and O–H groups in total. The van der Waals surface area contributed by atoms with E-state index in [1.165, 1.54) is 18.4 Å². The fourth-order valence-electron chi connectivity index (χ4n) is 1.51. The zero-order valence-electron chi connectivity index (χ0n) is 11.3. The quantitative estimate of drug-likeness (QED) is 0.905. The molecule has 0 fully saturated rings. The molecule has 106 valence electrons. The molecule has 1 aromatic carbocycles. The molecule has 2 aromatic rings. The SMILES string of the molecule is COc1ccc(OC)c(NC(=O)Nc2nnc(C)s2)c1. The van der Waals surface area contributed by atoms with Gasteiger partial charge in [0.2, 0.25) is 5.13 Å². The van der Waals surface area contributed by atoms with E-state index in [1.54, 1.807) is 25.3 Å². The zero-order valence-corrected chi connectivity index (χ0v) is 12.1. The average Bonchev–Trinajstić information content (AvgIpc) is 2.83. The van der Waals surface area contributed by atoms with Crippen LogP contribution >= 0.6 is 11.3 Å². The first-order valence-corrected chi connectivity index (χ1v) is 6.54. The number of hydrogen-bond donors (Lipinski definition) is 2. The highest BCUT2D eigenvalue weighted by molar-refractivity contribution is 7.15. The summed E-state index contributed by atoms with van der Waals surface area (Å²) in [5.74, 6) is 1.15. The number of amides is 2. The van der Waals surface area contributed by atoms with Gasteiger partial charge in [0.25, 0.3) is 0 Å². The molecular weight excluding hydrogens is 280 g/mol. The number of aromatic nitrogens is 2. The van der Waals surface area contributed by atoms with Crippen LogP contribution in [0.4, 0.5) is 15.6 Å². The van der Waals surface area contributed by atoms with Crippen molar-refractivity contribution in [1.29, 1.82) is 0 Å². The van der Waals surface area contributed by atoms with Crippen LogP contribution in [0.15, 0.2) is 18.2 Å². The molecule has 0 bridgehead atoms. The summed E-state index contributed by atoms with van der Waals surface area (Å²) < 4.78 is 10.3. The van der Waals surface area contributed by atoms with Crippen molar-refractivity contribution >= 4 is 28.2 Å². The Morgan fingerprint density at radius 3 is 2.60 bits per heavy atom. The summed E-state index contributed by atoms with van der Waals surface area (Å²) in [5.41, 5.74) is 0.505. The van der Waals surface area contributed by atoms with E-state index in [2.05, 4.69) is 20.8 Å². The third kappa shape index (κ3) is 3.35. The molecule has 0 spiro atoms. The Morgan fingerprint density at radius 2 is 2.00 bits per heavy atom. The maximum atomic E-state index is 11.9. The Bertz CT molecular complexity index is 614. The fraction of sp³-hybridized carbons (Fsp3) is 0.250. The smallest absolute Gasteiger partial charge is 0.325 e. The normalized spacial score (nSPS) is 9.95. The molecule has 2 rings (SSSR count). The summed E-state index contributed by atoms with van der Waals surface area (Å²) in [6.07, 6.45) is 0. The Balaban J connectivity index is 2.10. The number of anilines is 2. The Labute approximate surface area is 119 Å². The number of ether oxygens (including phenoxy) is 2. The molecule has 0 aliphatic heterocycles. The molecule has 0 aliphatic rings. The Kier molecular flexibility index (Phi) is 4.36. The Hall–Kier alpha value is -2.35. The summed E-state index contributed by atoms with van der Waals surface area (Å²) in [6.45, 7) is 1.81. The van der Waals surface area contributed by atoms with Crippen LogP contribution in [-0.2, 0) is 0 Å². The van der Waals surface area contributed by atoms with Crippen LogP contribution in [0, 0.1) is 6.92 Å². The van der Waals surface area contributed by atoms with Gasteiger partial charge in [0.05, 0.1) is 19.9 Å². The molecule has 0 saturated heterocycles. The summed E-state index contributed by atoms with van der Waals surface area (Å²) in [4.78, 5) is 11.9. The van der Waals surface area contributed by atoms with Crippen LogP contribution in [0.25, 0.3) is 0 Å². The number of nitrogens with one attached hydrogen (secondary N) is 2. The lowest BCUT2D eigenvalue weighted by molar-refractivity contribution is 0.262. The average molecular weight is 294 g/mol. The molecule has 8 heteroatoms. The minimum Gasteiger partial charge on any atom is -0.497 e. The number of nitrogens with zero attached hydrogens (tertiary/aromatic N) is 2. The predicted octanol–water partition coefficient (Wildman–Crippen LogP) is 2.51. The van der Waals surface area contributed by atoms with Crippen molar-refractivity contribution in [2.24, 2.45) is 0 Å². The summed E-state index contributed by atoms with van der Waals surface area (Å²) >= 11 is 1.29. The van der Waals surface area contributed by atoms with E-state index in [9.17, 15) is 4.79 Å². The van der Waals surface area contributed by atoms with Crippen molar-refractivity contribution in [2.45, 2.75) is 6.92 Å². The van der Waals surface area contributed by atoms with Gasteiger partial charge in [-0.1, -0.05) is 11.3 Å². The van der Waals surface area contributed by atoms with E-state index in [0.29, 0.717) is 22.3 Å². The van der Waals surface area contributed by atoms with E-state index in [-0.39, 0.29) is 0 Å². The van der Waals surface area contributed by atoms with Crippen LogP contribution in [0.3, 0.4) is 0 Å². The van der Waals surface area contributed by atoms with Gasteiger partial charge in [-0.25, -0.2) is 4.79 Å². The minimum absolute atomic E-state index is 0.423. The first-order chi connectivity index (χ1) is 9.62. The lowest BCUT2D eigenvalue weighted by atomic mass is 10.2. The van der Waals surface area contributed by atoms with Crippen molar-refractivity contribution in [2.75, 3.05) is 24.9 Å². The van der Waals surface area contributed by atoms with Crippen molar-refractivity contribution in [3.05, 3.63) is 23.2 Å². The third-order valence-electron chi connectivity index (χ3n) is 2.40. The van der Waals surface area contributed by atoms with Gasteiger partial charge >= 0.3 is 6.03 Å². The number of hydrogen-bond acceptors (Lipinski definition) is 6. The number of methoxy groups -OCH3 is 2. The van der Waals surface area contributed by atoms with E-state index >= 15 is 0 Å². The second-order valence-corrected chi connectivity index (χ2v) is 4.95. The first-order valence-electron chi connectivity index (χ1n) is 5.72. The zero-order chi connectivity index (χ0) is 14.5. The van der Waals surface area contributed by atoms with Crippen LogP contribution in [0.5, 0.6) is 11.5 Å². The number of carbonyl (C=O) groups is 1. The van der Waals surface area contributed by atoms with E-state index < -0.39 is 6.03 Å². The Morgan fingerprint density at radius 1 is 1.20 bits per heavy atom. The molecule has 7 nitrogen and oxygen atoms in total. The van der Waals surface area contributed by atoms with Crippen molar-refractivity contribution in [3.8, 4) is 11.5 Å². The molecular formula is C12H14N4O3S. The highest BCUT2D eigenvalue weighted by Crippen LogP contribution is 2.29. The summed E-state index contributed by atoms with van der Waals surface area (Å²) in [7, 11) is 3.08. The number of carbonyl (C=O) groups excluding carboxylic acids is 1. The highest BCUT2D eigenvalue weighted by atomic mass is 32.1. The molecule has 0 saturated carbocycles. The van der Waals surface area contributed by atoms with Crippen LogP contribution in [0.2, 0.25) is 0 Å². The van der Waals surface area contributed by atoms with E-state index in [1.807, 2.05) is 6.92 Å². The molecule has 0 atom stereocenters. The molecule has 20 heavy (non-hydrogen) atoms. The van der Waals surface area contributed by atoms with Gasteiger partial charge in [-0.05, 0) is 19.1 Å². The standard InChI is InChI=1S/C12H14N4O3S/c1-7-15-16-12(20-7)14-11(17)13-9-6-8(18-2)4-5-10(9)19-3/h4-6H,1-3H3,(H2,13,14,16,17). The van der Waals surface area contributed by atoms with Crippen LogP contribution < -0.4 is 20.1 Å². The van der Waals surface area contributed by atoms with Gasteiger partial charge in [-0.15, -0.1) is 10.2 Å². The second-order valence-electron chi connectivity index (χ2n) is 3.77. The maximum Gasteiger partial charge on any atom is 0.325 e. The van der Waals surface area contributed by atoms with Crippen molar-refractivity contribution in [1.82, 2.24) is 10.2 Å². The molecule has 0 unspecified atom stereocenters. The van der Waals surface area contributed by atoms with Gasteiger partial charge in [0, 0.05) is 6.07 Å². The number of benzene rings is 1. The van der Waals surface area contributed by atoms with Gasteiger partial charge in [0.1, 0.15) is 16.5 Å². The molecule has 2 amide bonds. The van der Waals surface area contributed by atoms with Gasteiger partial charge in [-0.2, -0.15) is 0 Å². The third-order valence-corrected chi connectivity index (χ3v) is 3.16. The highest BCUT2D eigenvalue weighted by Gasteiger charge is 2.10. The summed E-state index contributed by atoms with van der Waals surface area (Å²) in [5, 5.41) is 14.1. The predicted molar refractivity (Wildman–Crippen MR) is 76.8 cm³/mol. The number of urea groups is 1.